The summed E-state index contributed by atoms with van der Waals surface area (Å²) in [5, 5.41) is 10.6. The molecule has 0 atom stereocenters. The zero-order chi connectivity index (χ0) is 14.8. The number of piperidine rings is 1. The van der Waals surface area contributed by atoms with Crippen LogP contribution < -0.4 is 0 Å². The molecule has 20 heavy (non-hydrogen) atoms. The summed E-state index contributed by atoms with van der Waals surface area (Å²) in [6.45, 7) is 0.801. The van der Waals surface area contributed by atoms with Crippen molar-refractivity contribution in [2.45, 2.75) is 23.8 Å². The van der Waals surface area contributed by atoms with Crippen LogP contribution in [0.1, 0.15) is 12.8 Å². The molecular formula is C12H16N2O5S. The Balaban J connectivity index is 2.16. The summed E-state index contributed by atoms with van der Waals surface area (Å²) >= 11 is 0. The first-order valence-electron chi connectivity index (χ1n) is 6.22. The van der Waals surface area contributed by atoms with Gasteiger partial charge in [-0.3, -0.25) is 10.1 Å². The maximum atomic E-state index is 12.4. The van der Waals surface area contributed by atoms with E-state index in [1.54, 1.807) is 7.11 Å². The second-order valence-corrected chi connectivity index (χ2v) is 6.53. The molecule has 1 aliphatic heterocycles. The smallest absolute Gasteiger partial charge is 0.269 e. The molecule has 1 fully saturated rings. The van der Waals surface area contributed by atoms with Gasteiger partial charge in [-0.25, -0.2) is 8.42 Å². The van der Waals surface area contributed by atoms with E-state index in [0.717, 1.165) is 0 Å². The number of nitro benzene ring substituents is 1. The summed E-state index contributed by atoms with van der Waals surface area (Å²) in [5.41, 5.74) is -0.123. The molecule has 8 heteroatoms. The third kappa shape index (κ3) is 2.97. The molecule has 0 unspecified atom stereocenters. The molecule has 1 aliphatic rings. The van der Waals surface area contributed by atoms with Crippen LogP contribution in [-0.4, -0.2) is 43.9 Å². The molecule has 7 nitrogen and oxygen atoms in total. The van der Waals surface area contributed by atoms with Gasteiger partial charge in [0.15, 0.2) is 0 Å². The summed E-state index contributed by atoms with van der Waals surface area (Å²) < 4.78 is 31.4. The Hall–Kier alpha value is -1.51. The molecule has 2 rings (SSSR count). The lowest BCUT2D eigenvalue weighted by Gasteiger charge is -2.30. The minimum atomic E-state index is -3.58. The minimum Gasteiger partial charge on any atom is -0.381 e. The van der Waals surface area contributed by atoms with Crippen molar-refractivity contribution >= 4 is 15.7 Å². The fourth-order valence-electron chi connectivity index (χ4n) is 2.20. The summed E-state index contributed by atoms with van der Waals surface area (Å²) in [6.07, 6.45) is 1.41. The molecule has 0 bridgehead atoms. The lowest BCUT2D eigenvalue weighted by atomic mass is 10.1. The van der Waals surface area contributed by atoms with Crippen molar-refractivity contribution in [1.29, 1.82) is 0 Å². The Kier molecular flexibility index (Phi) is 4.36. The number of benzene rings is 1. The van der Waals surface area contributed by atoms with Gasteiger partial charge in [0.1, 0.15) is 0 Å². The van der Waals surface area contributed by atoms with E-state index < -0.39 is 14.9 Å². The average molecular weight is 300 g/mol. The van der Waals surface area contributed by atoms with E-state index in [4.69, 9.17) is 4.74 Å². The SMILES string of the molecule is COC1CCN(S(=O)(=O)c2ccc([N+](=O)[O-])cc2)CC1. The van der Waals surface area contributed by atoms with Crippen LogP contribution in [0.3, 0.4) is 0 Å². The van der Waals surface area contributed by atoms with Crippen molar-refractivity contribution in [2.75, 3.05) is 20.2 Å². The summed E-state index contributed by atoms with van der Waals surface area (Å²) in [5.74, 6) is 0. The first-order valence-corrected chi connectivity index (χ1v) is 7.66. The van der Waals surface area contributed by atoms with Gasteiger partial charge in [0.05, 0.1) is 15.9 Å². The Bertz CT molecular complexity index is 576. The van der Waals surface area contributed by atoms with Crippen LogP contribution >= 0.6 is 0 Å². The number of ether oxygens (including phenoxy) is 1. The molecule has 0 amide bonds. The predicted molar refractivity (Wildman–Crippen MR) is 71.9 cm³/mol. The van der Waals surface area contributed by atoms with Crippen LogP contribution in [0.25, 0.3) is 0 Å². The van der Waals surface area contributed by atoms with Gasteiger partial charge < -0.3 is 4.74 Å². The van der Waals surface area contributed by atoms with Gasteiger partial charge >= 0.3 is 0 Å². The number of non-ortho nitro benzene ring substituents is 1. The number of nitrogens with zero attached hydrogens (tertiary/aromatic N) is 2. The first-order chi connectivity index (χ1) is 9.45. The van der Waals surface area contributed by atoms with Crippen molar-refractivity contribution in [1.82, 2.24) is 4.31 Å². The Morgan fingerprint density at radius 2 is 1.80 bits per heavy atom. The van der Waals surface area contributed by atoms with Crippen LogP contribution in [0, 0.1) is 10.1 Å². The molecule has 0 N–H and O–H groups in total. The van der Waals surface area contributed by atoms with Crippen molar-refractivity contribution in [2.24, 2.45) is 0 Å². The highest BCUT2D eigenvalue weighted by molar-refractivity contribution is 7.89. The maximum Gasteiger partial charge on any atom is 0.269 e. The first kappa shape index (κ1) is 14.9. The van der Waals surface area contributed by atoms with Gasteiger partial charge in [-0.2, -0.15) is 4.31 Å². The molecular weight excluding hydrogens is 284 g/mol. The fourth-order valence-corrected chi connectivity index (χ4v) is 3.67. The molecule has 0 spiro atoms. The molecule has 0 saturated carbocycles. The van der Waals surface area contributed by atoms with Crippen molar-refractivity contribution in [3.63, 3.8) is 0 Å². The Morgan fingerprint density at radius 1 is 1.25 bits per heavy atom. The highest BCUT2D eigenvalue weighted by Gasteiger charge is 2.29. The normalized spacial score (nSPS) is 18.1. The third-order valence-electron chi connectivity index (χ3n) is 3.42. The van der Waals surface area contributed by atoms with E-state index in [0.29, 0.717) is 25.9 Å². The van der Waals surface area contributed by atoms with Gasteiger partial charge in [-0.1, -0.05) is 0 Å². The second-order valence-electron chi connectivity index (χ2n) is 4.59. The predicted octanol–water partition coefficient (Wildman–Crippen LogP) is 1.39. The number of rotatable bonds is 4. The zero-order valence-corrected chi connectivity index (χ0v) is 11.9. The van der Waals surface area contributed by atoms with Gasteiger partial charge in [-0.15, -0.1) is 0 Å². The molecule has 1 saturated heterocycles. The van der Waals surface area contributed by atoms with Crippen LogP contribution in [0.15, 0.2) is 29.2 Å². The molecule has 1 aromatic rings. The quantitative estimate of drug-likeness (QED) is 0.619. The van der Waals surface area contributed by atoms with E-state index in [2.05, 4.69) is 0 Å². The molecule has 0 aliphatic carbocycles. The topological polar surface area (TPSA) is 89.8 Å². The number of hydrogen-bond donors (Lipinski definition) is 0. The van der Waals surface area contributed by atoms with E-state index in [1.807, 2.05) is 0 Å². The van der Waals surface area contributed by atoms with Crippen molar-refractivity contribution in [3.05, 3.63) is 34.4 Å². The monoisotopic (exact) mass is 300 g/mol. The largest absolute Gasteiger partial charge is 0.381 e. The molecule has 0 aromatic heterocycles. The lowest BCUT2D eigenvalue weighted by molar-refractivity contribution is -0.384. The average Bonchev–Trinajstić information content (AvgIpc) is 2.47. The number of methoxy groups -OCH3 is 1. The van der Waals surface area contributed by atoms with E-state index in [-0.39, 0.29) is 16.7 Å². The fraction of sp³-hybridized carbons (Fsp3) is 0.500. The summed E-state index contributed by atoms with van der Waals surface area (Å²) in [4.78, 5) is 10.1. The standard InChI is InChI=1S/C12H16N2O5S/c1-19-11-6-8-13(9-7-11)20(17,18)12-4-2-10(3-5-12)14(15)16/h2-5,11H,6-9H2,1H3. The zero-order valence-electron chi connectivity index (χ0n) is 11.1. The van der Waals surface area contributed by atoms with Gasteiger partial charge in [0, 0.05) is 32.3 Å². The van der Waals surface area contributed by atoms with Gasteiger partial charge in [0.25, 0.3) is 5.69 Å². The Morgan fingerprint density at radius 3 is 2.25 bits per heavy atom. The van der Waals surface area contributed by atoms with Crippen LogP contribution in [0.2, 0.25) is 0 Å². The van der Waals surface area contributed by atoms with Gasteiger partial charge in [-0.05, 0) is 25.0 Å². The van der Waals surface area contributed by atoms with Gasteiger partial charge in [0.2, 0.25) is 10.0 Å². The molecule has 0 radical (unpaired) electrons. The highest BCUT2D eigenvalue weighted by atomic mass is 32.2. The lowest BCUT2D eigenvalue weighted by Crippen LogP contribution is -2.40. The van der Waals surface area contributed by atoms with Crippen LogP contribution in [-0.2, 0) is 14.8 Å². The molecule has 1 heterocycles. The Labute approximate surface area is 117 Å². The summed E-state index contributed by atoms with van der Waals surface area (Å²) in [6, 6.07) is 4.95. The second kappa shape index (κ2) is 5.86. The van der Waals surface area contributed by atoms with E-state index in [1.165, 1.54) is 28.6 Å². The van der Waals surface area contributed by atoms with E-state index in [9.17, 15) is 18.5 Å². The van der Waals surface area contributed by atoms with Crippen LogP contribution in [0.5, 0.6) is 0 Å². The molecule has 1 aromatic carbocycles. The van der Waals surface area contributed by atoms with Crippen molar-refractivity contribution in [3.8, 4) is 0 Å². The highest BCUT2D eigenvalue weighted by Crippen LogP contribution is 2.23. The van der Waals surface area contributed by atoms with Crippen molar-refractivity contribution < 1.29 is 18.1 Å². The number of hydrogen-bond acceptors (Lipinski definition) is 5. The molecule has 110 valence electrons. The number of nitro groups is 1. The minimum absolute atomic E-state index is 0.0824. The van der Waals surface area contributed by atoms with E-state index >= 15 is 0 Å². The number of sulfonamides is 1. The third-order valence-corrected chi connectivity index (χ3v) is 5.33. The maximum absolute atomic E-state index is 12.4. The summed E-state index contributed by atoms with van der Waals surface area (Å²) in [7, 11) is -1.96. The van der Waals surface area contributed by atoms with Crippen LogP contribution in [0.4, 0.5) is 5.69 Å².